The van der Waals surface area contributed by atoms with Gasteiger partial charge < -0.3 is 20.1 Å². The van der Waals surface area contributed by atoms with Crippen LogP contribution in [0.2, 0.25) is 0 Å². The van der Waals surface area contributed by atoms with Crippen LogP contribution >= 0.6 is 0 Å². The first-order valence-electron chi connectivity index (χ1n) is 8.68. The van der Waals surface area contributed by atoms with Crippen molar-refractivity contribution in [1.29, 1.82) is 0 Å². The highest BCUT2D eigenvalue weighted by Crippen LogP contribution is 2.20. The molecule has 0 spiro atoms. The van der Waals surface area contributed by atoms with Gasteiger partial charge in [-0.1, -0.05) is 25.1 Å². The van der Waals surface area contributed by atoms with Gasteiger partial charge in [0.25, 0.3) is 11.8 Å². The van der Waals surface area contributed by atoms with E-state index in [1.54, 1.807) is 61.7 Å². The molecule has 0 heterocycles. The lowest BCUT2D eigenvalue weighted by atomic mass is 10.1. The zero-order chi connectivity index (χ0) is 19.6. The highest BCUT2D eigenvalue weighted by molar-refractivity contribution is 6.04. The number of hydrogen-bond acceptors (Lipinski definition) is 4. The quantitative estimate of drug-likeness (QED) is 0.665. The highest BCUT2D eigenvalue weighted by atomic mass is 16.5. The molecule has 2 aromatic carbocycles. The second kappa shape index (κ2) is 10.0. The maximum Gasteiger partial charge on any atom is 0.265 e. The SMILES string of the molecule is C=CCNC(=O)c1ccccc1NC(=O)[C@H](CC)Oc1ccc(OC)cc1. The Kier molecular flexibility index (Phi) is 7.43. The minimum atomic E-state index is -0.692. The smallest absolute Gasteiger partial charge is 0.265 e. The monoisotopic (exact) mass is 368 g/mol. The van der Waals surface area contributed by atoms with Crippen LogP contribution in [0.4, 0.5) is 5.69 Å². The average molecular weight is 368 g/mol. The van der Waals surface area contributed by atoms with Crippen molar-refractivity contribution in [1.82, 2.24) is 5.32 Å². The lowest BCUT2D eigenvalue weighted by Gasteiger charge is -2.18. The molecule has 0 radical (unpaired) electrons. The summed E-state index contributed by atoms with van der Waals surface area (Å²) >= 11 is 0. The Balaban J connectivity index is 2.09. The number of benzene rings is 2. The summed E-state index contributed by atoms with van der Waals surface area (Å²) in [6.45, 7) is 5.78. The molecule has 0 unspecified atom stereocenters. The predicted octanol–water partition coefficient (Wildman–Crippen LogP) is 3.41. The Morgan fingerprint density at radius 1 is 1.11 bits per heavy atom. The number of rotatable bonds is 9. The Morgan fingerprint density at radius 2 is 1.78 bits per heavy atom. The lowest BCUT2D eigenvalue weighted by Crippen LogP contribution is -2.33. The molecule has 1 atom stereocenters. The van der Waals surface area contributed by atoms with Crippen molar-refractivity contribution in [3.63, 3.8) is 0 Å². The van der Waals surface area contributed by atoms with E-state index in [1.807, 2.05) is 6.92 Å². The largest absolute Gasteiger partial charge is 0.497 e. The number of carbonyl (C=O) groups is 2. The molecule has 2 N–H and O–H groups in total. The lowest BCUT2D eigenvalue weighted by molar-refractivity contribution is -0.122. The third-order valence-electron chi connectivity index (χ3n) is 3.84. The van der Waals surface area contributed by atoms with Gasteiger partial charge in [0.05, 0.1) is 18.4 Å². The minimum absolute atomic E-state index is 0.282. The molecule has 2 amide bonds. The molecule has 0 aliphatic heterocycles. The molecule has 2 rings (SSSR count). The normalized spacial score (nSPS) is 11.2. The molecule has 0 bridgehead atoms. The Morgan fingerprint density at radius 3 is 2.41 bits per heavy atom. The van der Waals surface area contributed by atoms with E-state index < -0.39 is 6.10 Å². The van der Waals surface area contributed by atoms with Gasteiger partial charge in [-0.3, -0.25) is 9.59 Å². The van der Waals surface area contributed by atoms with Gasteiger partial charge in [0.15, 0.2) is 6.10 Å². The third kappa shape index (κ3) is 5.60. The van der Waals surface area contributed by atoms with Crippen LogP contribution in [0.15, 0.2) is 61.2 Å². The number of carbonyl (C=O) groups excluding carboxylic acids is 2. The summed E-state index contributed by atoms with van der Waals surface area (Å²) < 4.78 is 10.9. The molecule has 6 heteroatoms. The van der Waals surface area contributed by atoms with Crippen molar-refractivity contribution >= 4 is 17.5 Å². The first-order chi connectivity index (χ1) is 13.1. The fraction of sp³-hybridized carbons (Fsp3) is 0.238. The fourth-order valence-electron chi connectivity index (χ4n) is 2.40. The molecule has 0 aliphatic rings. The fourth-order valence-corrected chi connectivity index (χ4v) is 2.40. The predicted molar refractivity (Wildman–Crippen MR) is 105 cm³/mol. The Labute approximate surface area is 159 Å². The van der Waals surface area contributed by atoms with Gasteiger partial charge in [-0.15, -0.1) is 6.58 Å². The summed E-state index contributed by atoms with van der Waals surface area (Å²) in [6, 6.07) is 13.8. The maximum absolute atomic E-state index is 12.7. The van der Waals surface area contributed by atoms with E-state index in [9.17, 15) is 9.59 Å². The zero-order valence-corrected chi connectivity index (χ0v) is 15.5. The molecule has 6 nitrogen and oxygen atoms in total. The Hall–Kier alpha value is -3.28. The number of ether oxygens (including phenoxy) is 2. The van der Waals surface area contributed by atoms with Crippen LogP contribution in [0.5, 0.6) is 11.5 Å². The number of methoxy groups -OCH3 is 1. The van der Waals surface area contributed by atoms with Crippen LogP contribution in [0.1, 0.15) is 23.7 Å². The molecule has 27 heavy (non-hydrogen) atoms. The van der Waals surface area contributed by atoms with Crippen molar-refractivity contribution in [2.75, 3.05) is 19.0 Å². The summed E-state index contributed by atoms with van der Waals surface area (Å²) in [5, 5.41) is 5.49. The number of anilines is 1. The van der Waals surface area contributed by atoms with Crippen LogP contribution in [0, 0.1) is 0 Å². The van der Waals surface area contributed by atoms with Crippen LogP contribution in [0.25, 0.3) is 0 Å². The van der Waals surface area contributed by atoms with E-state index in [2.05, 4.69) is 17.2 Å². The standard InChI is InChI=1S/C21H24N2O4/c1-4-14-22-20(24)17-8-6-7-9-18(17)23-21(25)19(5-2)27-16-12-10-15(26-3)11-13-16/h4,6-13,19H,1,5,14H2,2-3H3,(H,22,24)(H,23,25)/t19-/m0/s1. The number of hydrogen-bond donors (Lipinski definition) is 2. The molecular formula is C21H24N2O4. The van der Waals surface area contributed by atoms with Crippen LogP contribution < -0.4 is 20.1 Å². The zero-order valence-electron chi connectivity index (χ0n) is 15.5. The van der Waals surface area contributed by atoms with Crippen molar-refractivity contribution in [2.45, 2.75) is 19.4 Å². The molecule has 0 saturated heterocycles. The molecule has 142 valence electrons. The van der Waals surface area contributed by atoms with Gasteiger partial charge in [0, 0.05) is 6.54 Å². The molecular weight excluding hydrogens is 344 g/mol. The minimum Gasteiger partial charge on any atom is -0.497 e. The number of nitrogens with one attached hydrogen (secondary N) is 2. The van der Waals surface area contributed by atoms with Gasteiger partial charge in [-0.05, 0) is 42.8 Å². The first-order valence-corrected chi connectivity index (χ1v) is 8.68. The van der Waals surface area contributed by atoms with Gasteiger partial charge in [0.1, 0.15) is 11.5 Å². The maximum atomic E-state index is 12.7. The van der Waals surface area contributed by atoms with Crippen molar-refractivity contribution in [3.8, 4) is 11.5 Å². The van der Waals surface area contributed by atoms with E-state index in [-0.39, 0.29) is 11.8 Å². The van der Waals surface area contributed by atoms with Crippen molar-refractivity contribution in [3.05, 3.63) is 66.7 Å². The van der Waals surface area contributed by atoms with E-state index in [0.29, 0.717) is 35.7 Å². The van der Waals surface area contributed by atoms with E-state index in [0.717, 1.165) is 0 Å². The molecule has 0 aliphatic carbocycles. The van der Waals surface area contributed by atoms with Gasteiger partial charge >= 0.3 is 0 Å². The second-order valence-corrected chi connectivity index (χ2v) is 5.72. The Bertz CT molecular complexity index is 787. The average Bonchev–Trinajstić information content (AvgIpc) is 2.70. The first kappa shape index (κ1) is 20.0. The van der Waals surface area contributed by atoms with Crippen molar-refractivity contribution in [2.24, 2.45) is 0 Å². The van der Waals surface area contributed by atoms with E-state index >= 15 is 0 Å². The van der Waals surface area contributed by atoms with E-state index in [1.165, 1.54) is 0 Å². The van der Waals surface area contributed by atoms with E-state index in [4.69, 9.17) is 9.47 Å². The van der Waals surface area contributed by atoms with Gasteiger partial charge in [0.2, 0.25) is 0 Å². The van der Waals surface area contributed by atoms with Crippen molar-refractivity contribution < 1.29 is 19.1 Å². The number of para-hydroxylation sites is 1. The second-order valence-electron chi connectivity index (χ2n) is 5.72. The topological polar surface area (TPSA) is 76.7 Å². The summed E-state index contributed by atoms with van der Waals surface area (Å²) in [7, 11) is 1.58. The molecule has 0 saturated carbocycles. The summed E-state index contributed by atoms with van der Waals surface area (Å²) in [5.74, 6) is 0.668. The molecule has 0 aromatic heterocycles. The van der Waals surface area contributed by atoms with Crippen LogP contribution in [-0.2, 0) is 4.79 Å². The third-order valence-corrected chi connectivity index (χ3v) is 3.84. The highest BCUT2D eigenvalue weighted by Gasteiger charge is 2.21. The van der Waals surface area contributed by atoms with Gasteiger partial charge in [-0.25, -0.2) is 0 Å². The molecule has 0 fully saturated rings. The van der Waals surface area contributed by atoms with Crippen LogP contribution in [0.3, 0.4) is 0 Å². The van der Waals surface area contributed by atoms with Gasteiger partial charge in [-0.2, -0.15) is 0 Å². The summed E-state index contributed by atoms with van der Waals surface area (Å²) in [4.78, 5) is 24.9. The summed E-state index contributed by atoms with van der Waals surface area (Å²) in [6.07, 6.45) is 1.38. The number of amides is 2. The summed E-state index contributed by atoms with van der Waals surface area (Å²) in [5.41, 5.74) is 0.813. The van der Waals surface area contributed by atoms with Crippen LogP contribution in [-0.4, -0.2) is 31.6 Å². The molecule has 2 aromatic rings.